The predicted octanol–water partition coefficient (Wildman–Crippen LogP) is 2.55. The maximum Gasteiger partial charge on any atom is 0.244 e. The van der Waals surface area contributed by atoms with Crippen molar-refractivity contribution < 1.29 is 26.7 Å². The molecule has 11 heteroatoms. The van der Waals surface area contributed by atoms with Crippen LogP contribution < -0.4 is 10.0 Å². The highest BCUT2D eigenvalue weighted by molar-refractivity contribution is 7.98. The molecule has 7 nitrogen and oxygen atoms in total. The van der Waals surface area contributed by atoms with E-state index in [9.17, 15) is 22.0 Å². The molecule has 3 rings (SSSR count). The molecule has 0 unspecified atom stereocenters. The van der Waals surface area contributed by atoms with Crippen molar-refractivity contribution >= 4 is 27.7 Å². The number of rotatable bonds is 11. The second-order valence-corrected chi connectivity index (χ2v) is 10.5. The van der Waals surface area contributed by atoms with E-state index in [-0.39, 0.29) is 24.8 Å². The number of hydrogen-bond acceptors (Lipinski definition) is 6. The Morgan fingerprint density at radius 1 is 1.12 bits per heavy atom. The molecule has 0 radical (unpaired) electrons. The summed E-state index contributed by atoms with van der Waals surface area (Å²) in [7, 11) is -4.25. The van der Waals surface area contributed by atoms with Crippen molar-refractivity contribution in [1.29, 1.82) is 0 Å². The summed E-state index contributed by atoms with van der Waals surface area (Å²) in [5.74, 6) is -1.21. The lowest BCUT2D eigenvalue weighted by Crippen LogP contribution is -2.50. The highest BCUT2D eigenvalue weighted by Crippen LogP contribution is 2.22. The number of carbonyl (C=O) groups excluding carboxylic acids is 1. The molecule has 186 valence electrons. The standard InChI is InChI=1S/C23H29F2N3O4S2/c1-33-15-10-20(27-34(30,31)22-5-3-2-4-19(22)25)23(29)26-16-21(28-11-13-32-14-12-28)17-6-8-18(24)9-7-17/h2-9,20-21,27H,10-16H2,1H3,(H,26,29)/t20-,21+/m0/s1. The normalized spacial score (nSPS) is 16.7. The number of nitrogens with one attached hydrogen (secondary N) is 2. The summed E-state index contributed by atoms with van der Waals surface area (Å²) in [6, 6.07) is 9.81. The fourth-order valence-corrected chi connectivity index (χ4v) is 5.53. The smallest absolute Gasteiger partial charge is 0.244 e. The number of carbonyl (C=O) groups is 1. The van der Waals surface area contributed by atoms with Crippen molar-refractivity contribution in [3.63, 3.8) is 0 Å². The van der Waals surface area contributed by atoms with E-state index in [2.05, 4.69) is 14.9 Å². The molecule has 0 aliphatic carbocycles. The van der Waals surface area contributed by atoms with E-state index >= 15 is 0 Å². The van der Waals surface area contributed by atoms with Crippen LogP contribution in [0.25, 0.3) is 0 Å². The lowest BCUT2D eigenvalue weighted by atomic mass is 10.0. The van der Waals surface area contributed by atoms with Gasteiger partial charge in [-0.2, -0.15) is 16.5 Å². The zero-order chi connectivity index (χ0) is 24.6. The minimum Gasteiger partial charge on any atom is -0.379 e. The second-order valence-electron chi connectivity index (χ2n) is 7.85. The van der Waals surface area contributed by atoms with E-state index in [1.807, 2.05) is 6.26 Å². The molecule has 0 aromatic heterocycles. The van der Waals surface area contributed by atoms with E-state index < -0.39 is 32.7 Å². The van der Waals surface area contributed by atoms with Crippen LogP contribution in [0, 0.1) is 11.6 Å². The number of thioether (sulfide) groups is 1. The van der Waals surface area contributed by atoms with Gasteiger partial charge in [-0.05, 0) is 48.3 Å². The first-order chi connectivity index (χ1) is 16.3. The monoisotopic (exact) mass is 513 g/mol. The fraction of sp³-hybridized carbons (Fsp3) is 0.435. The molecule has 1 aliphatic rings. The van der Waals surface area contributed by atoms with Gasteiger partial charge in [-0.3, -0.25) is 9.69 Å². The van der Waals surface area contributed by atoms with Crippen LogP contribution in [0.1, 0.15) is 18.0 Å². The molecule has 0 spiro atoms. The Labute approximate surface area is 203 Å². The van der Waals surface area contributed by atoms with Gasteiger partial charge in [0.2, 0.25) is 15.9 Å². The summed E-state index contributed by atoms with van der Waals surface area (Å²) in [4.78, 5) is 14.7. The number of amides is 1. The number of benzene rings is 2. The summed E-state index contributed by atoms with van der Waals surface area (Å²) in [5, 5.41) is 2.85. The summed E-state index contributed by atoms with van der Waals surface area (Å²) in [6.07, 6.45) is 2.09. The van der Waals surface area contributed by atoms with Crippen molar-refractivity contribution in [2.24, 2.45) is 0 Å². The summed E-state index contributed by atoms with van der Waals surface area (Å²) in [5.41, 5.74) is 0.830. The molecule has 0 saturated carbocycles. The van der Waals surface area contributed by atoms with Crippen LogP contribution >= 0.6 is 11.8 Å². The maximum absolute atomic E-state index is 14.1. The molecule has 0 bridgehead atoms. The van der Waals surface area contributed by atoms with E-state index in [1.165, 1.54) is 36.0 Å². The van der Waals surface area contributed by atoms with Crippen LogP contribution in [0.2, 0.25) is 0 Å². The molecule has 1 amide bonds. The molecular weight excluding hydrogens is 484 g/mol. The van der Waals surface area contributed by atoms with E-state index in [0.717, 1.165) is 17.7 Å². The molecular formula is C23H29F2N3O4S2. The Morgan fingerprint density at radius 2 is 1.79 bits per heavy atom. The molecule has 2 atom stereocenters. The molecule has 2 N–H and O–H groups in total. The molecule has 2 aromatic rings. The van der Waals surface area contributed by atoms with Gasteiger partial charge in [0.1, 0.15) is 22.6 Å². The Balaban J connectivity index is 1.75. The third kappa shape index (κ3) is 7.22. The molecule has 1 aliphatic heterocycles. The van der Waals surface area contributed by atoms with E-state index in [0.29, 0.717) is 32.1 Å². The Bertz CT molecular complexity index is 1050. The number of morpholine rings is 1. The van der Waals surface area contributed by atoms with Gasteiger partial charge in [-0.15, -0.1) is 0 Å². The first kappa shape index (κ1) is 26.6. The first-order valence-corrected chi connectivity index (χ1v) is 13.8. The lowest BCUT2D eigenvalue weighted by Gasteiger charge is -2.35. The van der Waals surface area contributed by atoms with Crippen molar-refractivity contribution in [2.75, 3.05) is 44.9 Å². The van der Waals surface area contributed by atoms with Crippen LogP contribution in [0.3, 0.4) is 0 Å². The highest BCUT2D eigenvalue weighted by atomic mass is 32.2. The zero-order valence-electron chi connectivity index (χ0n) is 18.9. The number of ether oxygens (including phenoxy) is 1. The van der Waals surface area contributed by atoms with Gasteiger partial charge < -0.3 is 10.1 Å². The van der Waals surface area contributed by atoms with Crippen molar-refractivity contribution in [3.8, 4) is 0 Å². The number of hydrogen-bond donors (Lipinski definition) is 2. The van der Waals surface area contributed by atoms with Gasteiger partial charge in [0.05, 0.1) is 19.3 Å². The molecule has 2 aromatic carbocycles. The Kier molecular flexibility index (Phi) is 9.84. The summed E-state index contributed by atoms with van der Waals surface area (Å²) in [6.45, 7) is 2.58. The number of sulfonamides is 1. The molecule has 1 fully saturated rings. The van der Waals surface area contributed by atoms with Gasteiger partial charge in [0, 0.05) is 19.6 Å². The maximum atomic E-state index is 14.1. The van der Waals surface area contributed by atoms with Crippen LogP contribution in [-0.4, -0.2) is 70.1 Å². The zero-order valence-corrected chi connectivity index (χ0v) is 20.5. The minimum atomic E-state index is -4.25. The van der Waals surface area contributed by atoms with Crippen molar-refractivity contribution in [1.82, 2.24) is 14.9 Å². The van der Waals surface area contributed by atoms with Gasteiger partial charge >= 0.3 is 0 Å². The average Bonchev–Trinajstić information content (AvgIpc) is 2.83. The highest BCUT2D eigenvalue weighted by Gasteiger charge is 2.29. The van der Waals surface area contributed by atoms with Gasteiger partial charge in [-0.25, -0.2) is 17.2 Å². The quantitative estimate of drug-likeness (QED) is 0.480. The second kappa shape index (κ2) is 12.6. The number of nitrogens with zero attached hydrogens (tertiary/aromatic N) is 1. The molecule has 1 heterocycles. The Morgan fingerprint density at radius 3 is 2.44 bits per heavy atom. The van der Waals surface area contributed by atoms with Gasteiger partial charge in [-0.1, -0.05) is 24.3 Å². The SMILES string of the molecule is CSCC[C@H](NS(=O)(=O)c1ccccc1F)C(=O)NC[C@H](c1ccc(F)cc1)N1CCOCC1. The van der Waals surface area contributed by atoms with Crippen molar-refractivity contribution in [3.05, 3.63) is 65.7 Å². The predicted molar refractivity (Wildman–Crippen MR) is 128 cm³/mol. The van der Waals surface area contributed by atoms with Crippen LogP contribution in [0.15, 0.2) is 53.4 Å². The Hall–Kier alpha value is -2.05. The van der Waals surface area contributed by atoms with Crippen LogP contribution in [-0.2, 0) is 19.6 Å². The van der Waals surface area contributed by atoms with Crippen molar-refractivity contribution in [2.45, 2.75) is 23.4 Å². The van der Waals surface area contributed by atoms with Gasteiger partial charge in [0.15, 0.2) is 0 Å². The minimum absolute atomic E-state index is 0.196. The molecule has 34 heavy (non-hydrogen) atoms. The van der Waals surface area contributed by atoms with Crippen LogP contribution in [0.5, 0.6) is 0 Å². The van der Waals surface area contributed by atoms with E-state index in [1.54, 1.807) is 12.1 Å². The summed E-state index contributed by atoms with van der Waals surface area (Å²) >= 11 is 1.47. The first-order valence-electron chi connectivity index (χ1n) is 10.9. The third-order valence-corrected chi connectivity index (χ3v) is 7.71. The van der Waals surface area contributed by atoms with Crippen LogP contribution in [0.4, 0.5) is 8.78 Å². The average molecular weight is 514 g/mol. The summed E-state index contributed by atoms with van der Waals surface area (Å²) < 4.78 is 60.9. The van der Waals surface area contributed by atoms with E-state index in [4.69, 9.17) is 4.74 Å². The largest absolute Gasteiger partial charge is 0.379 e. The van der Waals surface area contributed by atoms with Gasteiger partial charge in [0.25, 0.3) is 0 Å². The topological polar surface area (TPSA) is 87.7 Å². The third-order valence-electron chi connectivity index (χ3n) is 5.56. The molecule has 1 saturated heterocycles. The fourth-order valence-electron chi connectivity index (χ4n) is 3.74. The number of halogens is 2. The lowest BCUT2D eigenvalue weighted by molar-refractivity contribution is -0.123.